The molecule has 0 fully saturated rings. The fraction of sp³-hybridized carbons (Fsp3) is 0.0667. The second-order valence-corrected chi connectivity index (χ2v) is 5.27. The van der Waals surface area contributed by atoms with Gasteiger partial charge in [-0.1, -0.05) is 40.2 Å². The van der Waals surface area contributed by atoms with E-state index in [1.807, 2.05) is 6.07 Å². The third kappa shape index (κ3) is 2.32. The molecule has 20 heavy (non-hydrogen) atoms. The number of hydrogen-bond donors (Lipinski definition) is 0. The molecule has 0 aliphatic heterocycles. The Bertz CT molecular complexity index is 847. The van der Waals surface area contributed by atoms with Crippen LogP contribution < -0.4 is 5.76 Å². The van der Waals surface area contributed by atoms with Crippen LogP contribution in [0.4, 0.5) is 0 Å². The average molecular weight is 332 g/mol. The molecule has 0 radical (unpaired) electrons. The van der Waals surface area contributed by atoms with Gasteiger partial charge in [-0.25, -0.2) is 4.79 Å². The summed E-state index contributed by atoms with van der Waals surface area (Å²) in [5.41, 5.74) is 1.66. The van der Waals surface area contributed by atoms with Crippen LogP contribution in [0.15, 0.2) is 62.2 Å². The summed E-state index contributed by atoms with van der Waals surface area (Å²) < 4.78 is 7.28. The molecule has 0 aliphatic carbocycles. The lowest BCUT2D eigenvalue weighted by Crippen LogP contribution is -2.20. The van der Waals surface area contributed by atoms with Crippen LogP contribution in [0.1, 0.15) is 10.4 Å². The lowest BCUT2D eigenvalue weighted by molar-refractivity contribution is 0.0970. The van der Waals surface area contributed by atoms with E-state index in [1.54, 1.807) is 42.5 Å². The molecule has 0 spiro atoms. The fourth-order valence-electron chi connectivity index (χ4n) is 2.06. The quantitative estimate of drug-likeness (QED) is 0.692. The Morgan fingerprint density at radius 1 is 1.15 bits per heavy atom. The number of para-hydroxylation sites is 2. The fourth-order valence-corrected chi connectivity index (χ4v) is 2.46. The van der Waals surface area contributed by atoms with Gasteiger partial charge in [-0.15, -0.1) is 0 Å². The van der Waals surface area contributed by atoms with E-state index in [-0.39, 0.29) is 12.3 Å². The number of benzene rings is 2. The standard InChI is InChI=1S/C15H10BrNO3/c16-11-5-3-4-10(8-11)13(18)9-17-12-6-1-2-7-14(12)20-15(17)19/h1-8H,9H2. The van der Waals surface area contributed by atoms with Gasteiger partial charge in [0.1, 0.15) is 0 Å². The van der Waals surface area contributed by atoms with E-state index in [2.05, 4.69) is 15.9 Å². The van der Waals surface area contributed by atoms with Crippen molar-refractivity contribution >= 4 is 32.8 Å². The molecular weight excluding hydrogens is 322 g/mol. The summed E-state index contributed by atoms with van der Waals surface area (Å²) in [5.74, 6) is -0.658. The molecule has 0 saturated carbocycles. The van der Waals surface area contributed by atoms with Crippen molar-refractivity contribution < 1.29 is 9.21 Å². The maximum atomic E-state index is 12.2. The summed E-state index contributed by atoms with van der Waals surface area (Å²) in [6.07, 6.45) is 0. The molecule has 4 nitrogen and oxygen atoms in total. The van der Waals surface area contributed by atoms with Crippen molar-refractivity contribution in [3.8, 4) is 0 Å². The molecule has 1 aromatic heterocycles. The van der Waals surface area contributed by atoms with Crippen LogP contribution in [0.5, 0.6) is 0 Å². The van der Waals surface area contributed by atoms with Gasteiger partial charge in [0.25, 0.3) is 0 Å². The molecule has 2 aromatic carbocycles. The number of nitrogens with zero attached hydrogens (tertiary/aromatic N) is 1. The van der Waals surface area contributed by atoms with Crippen molar-refractivity contribution in [2.75, 3.05) is 0 Å². The molecule has 3 rings (SSSR count). The van der Waals surface area contributed by atoms with Crippen LogP contribution in [-0.2, 0) is 6.54 Å². The molecule has 1 heterocycles. The van der Waals surface area contributed by atoms with Gasteiger partial charge in [-0.3, -0.25) is 9.36 Å². The normalized spacial score (nSPS) is 10.8. The summed E-state index contributed by atoms with van der Waals surface area (Å²) in [4.78, 5) is 24.0. The lowest BCUT2D eigenvalue weighted by Gasteiger charge is -2.02. The van der Waals surface area contributed by atoms with Gasteiger partial charge in [0.2, 0.25) is 0 Å². The van der Waals surface area contributed by atoms with E-state index >= 15 is 0 Å². The monoisotopic (exact) mass is 331 g/mol. The Kier molecular flexibility index (Phi) is 3.28. The first-order chi connectivity index (χ1) is 9.65. The molecule has 0 saturated heterocycles. The Balaban J connectivity index is 1.99. The largest absolute Gasteiger partial charge is 0.420 e. The maximum Gasteiger partial charge on any atom is 0.420 e. The summed E-state index contributed by atoms with van der Waals surface area (Å²) >= 11 is 3.32. The van der Waals surface area contributed by atoms with Gasteiger partial charge < -0.3 is 4.42 Å². The minimum Gasteiger partial charge on any atom is -0.408 e. The Morgan fingerprint density at radius 3 is 2.75 bits per heavy atom. The third-order valence-electron chi connectivity index (χ3n) is 3.02. The summed E-state index contributed by atoms with van der Waals surface area (Å²) in [5, 5.41) is 0. The van der Waals surface area contributed by atoms with E-state index in [9.17, 15) is 9.59 Å². The molecular formula is C15H10BrNO3. The molecule has 3 aromatic rings. The van der Waals surface area contributed by atoms with Crippen LogP contribution in [0.2, 0.25) is 0 Å². The summed E-state index contributed by atoms with van der Waals surface area (Å²) in [6, 6.07) is 14.1. The van der Waals surface area contributed by atoms with Crippen molar-refractivity contribution in [1.82, 2.24) is 4.57 Å². The Labute approximate surface area is 122 Å². The number of aromatic nitrogens is 1. The Hall–Kier alpha value is -2.14. The zero-order valence-electron chi connectivity index (χ0n) is 10.4. The second kappa shape index (κ2) is 5.09. The van der Waals surface area contributed by atoms with E-state index in [0.29, 0.717) is 16.7 Å². The summed E-state index contributed by atoms with van der Waals surface area (Å²) in [7, 11) is 0. The number of oxazole rings is 1. The maximum absolute atomic E-state index is 12.2. The number of carbonyl (C=O) groups excluding carboxylic acids is 1. The molecule has 100 valence electrons. The molecule has 0 unspecified atom stereocenters. The second-order valence-electron chi connectivity index (χ2n) is 4.36. The van der Waals surface area contributed by atoms with Crippen LogP contribution in [0.3, 0.4) is 0 Å². The van der Waals surface area contributed by atoms with Gasteiger partial charge in [0.05, 0.1) is 12.1 Å². The number of carbonyl (C=O) groups is 1. The third-order valence-corrected chi connectivity index (χ3v) is 3.52. The van der Waals surface area contributed by atoms with Crippen molar-refractivity contribution in [2.24, 2.45) is 0 Å². The first kappa shape index (κ1) is 12.9. The van der Waals surface area contributed by atoms with E-state index in [1.165, 1.54) is 4.57 Å². The highest BCUT2D eigenvalue weighted by Gasteiger charge is 2.13. The van der Waals surface area contributed by atoms with Gasteiger partial charge in [0, 0.05) is 10.0 Å². The lowest BCUT2D eigenvalue weighted by atomic mass is 10.1. The first-order valence-corrected chi connectivity index (χ1v) is 6.81. The van der Waals surface area contributed by atoms with Gasteiger partial charge in [0.15, 0.2) is 11.4 Å². The number of Topliss-reactive ketones (excluding diaryl/α,β-unsaturated/α-hetero) is 1. The van der Waals surface area contributed by atoms with E-state index in [0.717, 1.165) is 4.47 Å². The van der Waals surface area contributed by atoms with Crippen LogP contribution in [-0.4, -0.2) is 10.4 Å². The van der Waals surface area contributed by atoms with Crippen LogP contribution >= 0.6 is 15.9 Å². The van der Waals surface area contributed by atoms with Crippen molar-refractivity contribution in [3.63, 3.8) is 0 Å². The number of hydrogen-bond acceptors (Lipinski definition) is 3. The van der Waals surface area contributed by atoms with Crippen LogP contribution in [0, 0.1) is 0 Å². The highest BCUT2D eigenvalue weighted by atomic mass is 79.9. The molecule has 0 N–H and O–H groups in total. The number of rotatable bonds is 3. The SMILES string of the molecule is O=C(Cn1c(=O)oc2ccccc21)c1cccc(Br)c1. The highest BCUT2D eigenvalue weighted by Crippen LogP contribution is 2.15. The average Bonchev–Trinajstić information content (AvgIpc) is 2.75. The topological polar surface area (TPSA) is 52.2 Å². The summed E-state index contributed by atoms with van der Waals surface area (Å²) in [6.45, 7) is -0.0354. The number of ketones is 1. The van der Waals surface area contributed by atoms with E-state index in [4.69, 9.17) is 4.42 Å². The van der Waals surface area contributed by atoms with Gasteiger partial charge in [-0.2, -0.15) is 0 Å². The molecule has 5 heteroatoms. The first-order valence-electron chi connectivity index (χ1n) is 6.02. The van der Waals surface area contributed by atoms with E-state index < -0.39 is 5.76 Å². The Morgan fingerprint density at radius 2 is 1.95 bits per heavy atom. The zero-order chi connectivity index (χ0) is 14.1. The van der Waals surface area contributed by atoms with Gasteiger partial charge in [-0.05, 0) is 24.3 Å². The predicted molar refractivity (Wildman–Crippen MR) is 78.9 cm³/mol. The van der Waals surface area contributed by atoms with Crippen molar-refractivity contribution in [2.45, 2.75) is 6.54 Å². The van der Waals surface area contributed by atoms with Crippen LogP contribution in [0.25, 0.3) is 11.1 Å². The number of halogens is 1. The van der Waals surface area contributed by atoms with Crippen molar-refractivity contribution in [1.29, 1.82) is 0 Å². The predicted octanol–water partition coefficient (Wildman–Crippen LogP) is 3.24. The number of fused-ring (bicyclic) bond motifs is 1. The van der Waals surface area contributed by atoms with Gasteiger partial charge >= 0.3 is 5.76 Å². The zero-order valence-corrected chi connectivity index (χ0v) is 12.0. The van der Waals surface area contributed by atoms with Crippen molar-refractivity contribution in [3.05, 3.63) is 69.1 Å². The minimum atomic E-state index is -0.519. The molecule has 0 aliphatic rings. The minimum absolute atomic E-state index is 0.0354. The molecule has 0 atom stereocenters. The smallest absolute Gasteiger partial charge is 0.408 e. The molecule has 0 amide bonds. The molecule has 0 bridgehead atoms. The highest BCUT2D eigenvalue weighted by molar-refractivity contribution is 9.10.